The first-order valence-electron chi connectivity index (χ1n) is 9.00. The number of H-pyrrole nitrogens is 1. The summed E-state index contributed by atoms with van der Waals surface area (Å²) in [5.74, 6) is 0.731. The first-order valence-corrected chi connectivity index (χ1v) is 9.00. The van der Waals surface area contributed by atoms with Crippen LogP contribution in [-0.4, -0.2) is 39.9 Å². The maximum atomic E-state index is 5.63. The Hall–Kier alpha value is -2.63. The summed E-state index contributed by atoms with van der Waals surface area (Å²) in [6, 6.07) is 6.25. The number of nitrogens with one attached hydrogen (secondary N) is 1. The Balaban J connectivity index is 1.59. The number of ether oxygens (including phenoxy) is 1. The Morgan fingerprint density at radius 1 is 1.24 bits per heavy atom. The second-order valence-electron chi connectivity index (χ2n) is 6.36. The van der Waals surface area contributed by atoms with Gasteiger partial charge in [-0.2, -0.15) is 5.10 Å². The lowest BCUT2D eigenvalue weighted by molar-refractivity contribution is 0.323. The van der Waals surface area contributed by atoms with Crippen molar-refractivity contribution in [2.45, 2.75) is 32.6 Å². The Morgan fingerprint density at radius 2 is 2.12 bits per heavy atom. The third-order valence-electron chi connectivity index (χ3n) is 4.67. The fraction of sp³-hybridized carbons (Fsp3) is 0.421. The van der Waals surface area contributed by atoms with E-state index in [0.717, 1.165) is 54.1 Å². The molecule has 0 aliphatic carbocycles. The van der Waals surface area contributed by atoms with E-state index in [1.54, 1.807) is 6.20 Å². The van der Waals surface area contributed by atoms with Crippen LogP contribution in [0.1, 0.15) is 31.0 Å². The van der Waals surface area contributed by atoms with Gasteiger partial charge in [-0.1, -0.05) is 6.07 Å². The summed E-state index contributed by atoms with van der Waals surface area (Å²) in [5.41, 5.74) is 5.42. The van der Waals surface area contributed by atoms with Gasteiger partial charge in [0.05, 0.1) is 18.5 Å². The molecule has 6 heteroatoms. The molecule has 1 aliphatic heterocycles. The molecule has 0 spiro atoms. The Morgan fingerprint density at radius 3 is 2.96 bits per heavy atom. The van der Waals surface area contributed by atoms with E-state index < -0.39 is 0 Å². The zero-order valence-corrected chi connectivity index (χ0v) is 14.5. The van der Waals surface area contributed by atoms with Gasteiger partial charge in [0.2, 0.25) is 5.88 Å². The number of aromatic amines is 1. The maximum Gasteiger partial charge on any atom is 0.216 e. The van der Waals surface area contributed by atoms with Gasteiger partial charge in [0.1, 0.15) is 11.0 Å². The molecule has 0 saturated carbocycles. The van der Waals surface area contributed by atoms with E-state index in [9.17, 15) is 0 Å². The zero-order valence-electron chi connectivity index (χ0n) is 14.5. The summed E-state index contributed by atoms with van der Waals surface area (Å²) in [7, 11) is 0. The average Bonchev–Trinajstić information content (AvgIpc) is 3.32. The SMILES string of the molecule is CCOc1ncccc1CCc1cc(N2CCCC2)c2[nH]ncc2n1. The number of nitrogens with zero attached hydrogens (tertiary/aromatic N) is 4. The minimum Gasteiger partial charge on any atom is -0.478 e. The van der Waals surface area contributed by atoms with Crippen molar-refractivity contribution in [3.63, 3.8) is 0 Å². The van der Waals surface area contributed by atoms with E-state index in [1.165, 1.54) is 18.5 Å². The lowest BCUT2D eigenvalue weighted by Gasteiger charge is -2.19. The molecule has 0 aromatic carbocycles. The Kier molecular flexibility index (Phi) is 4.50. The van der Waals surface area contributed by atoms with Crippen LogP contribution in [0.4, 0.5) is 5.69 Å². The van der Waals surface area contributed by atoms with Crippen LogP contribution >= 0.6 is 0 Å². The number of anilines is 1. The number of rotatable bonds is 6. The van der Waals surface area contributed by atoms with E-state index in [1.807, 2.05) is 19.2 Å². The molecule has 130 valence electrons. The van der Waals surface area contributed by atoms with E-state index in [4.69, 9.17) is 9.72 Å². The van der Waals surface area contributed by atoms with Crippen LogP contribution in [0.15, 0.2) is 30.6 Å². The molecule has 4 rings (SSSR count). The van der Waals surface area contributed by atoms with Gasteiger partial charge in [-0.25, -0.2) is 9.97 Å². The fourth-order valence-corrected chi connectivity index (χ4v) is 3.45. The van der Waals surface area contributed by atoms with Crippen LogP contribution in [-0.2, 0) is 12.8 Å². The number of aryl methyl sites for hydroxylation is 2. The summed E-state index contributed by atoms with van der Waals surface area (Å²) in [4.78, 5) is 11.5. The zero-order chi connectivity index (χ0) is 17.1. The van der Waals surface area contributed by atoms with Crippen molar-refractivity contribution in [1.82, 2.24) is 20.2 Å². The fourth-order valence-electron chi connectivity index (χ4n) is 3.45. The van der Waals surface area contributed by atoms with Crippen LogP contribution < -0.4 is 9.64 Å². The molecular formula is C19H23N5O. The number of hydrogen-bond donors (Lipinski definition) is 1. The molecular weight excluding hydrogens is 314 g/mol. The lowest BCUT2D eigenvalue weighted by Crippen LogP contribution is -2.18. The predicted molar refractivity (Wildman–Crippen MR) is 98.1 cm³/mol. The molecule has 0 unspecified atom stereocenters. The highest BCUT2D eigenvalue weighted by atomic mass is 16.5. The molecule has 0 amide bonds. The quantitative estimate of drug-likeness (QED) is 0.748. The second kappa shape index (κ2) is 7.09. The highest BCUT2D eigenvalue weighted by Gasteiger charge is 2.18. The highest BCUT2D eigenvalue weighted by Crippen LogP contribution is 2.28. The van der Waals surface area contributed by atoms with Gasteiger partial charge >= 0.3 is 0 Å². The first kappa shape index (κ1) is 15.9. The van der Waals surface area contributed by atoms with Gasteiger partial charge in [0.25, 0.3) is 0 Å². The summed E-state index contributed by atoms with van der Waals surface area (Å²) in [6.07, 6.45) is 7.80. The van der Waals surface area contributed by atoms with E-state index in [-0.39, 0.29) is 0 Å². The van der Waals surface area contributed by atoms with Crippen molar-refractivity contribution in [2.24, 2.45) is 0 Å². The van der Waals surface area contributed by atoms with Gasteiger partial charge in [0, 0.05) is 30.5 Å². The molecule has 1 fully saturated rings. The molecule has 3 aromatic rings. The molecule has 0 radical (unpaired) electrons. The maximum absolute atomic E-state index is 5.63. The number of hydrogen-bond acceptors (Lipinski definition) is 5. The number of aromatic nitrogens is 4. The van der Waals surface area contributed by atoms with Gasteiger partial charge < -0.3 is 9.64 Å². The third-order valence-corrected chi connectivity index (χ3v) is 4.67. The molecule has 25 heavy (non-hydrogen) atoms. The minimum absolute atomic E-state index is 0.627. The monoisotopic (exact) mass is 337 g/mol. The highest BCUT2D eigenvalue weighted by molar-refractivity contribution is 5.88. The van der Waals surface area contributed by atoms with Gasteiger partial charge in [0.15, 0.2) is 0 Å². The Labute approximate surface area is 147 Å². The third kappa shape index (κ3) is 3.29. The van der Waals surface area contributed by atoms with Crippen molar-refractivity contribution >= 4 is 16.7 Å². The van der Waals surface area contributed by atoms with Crippen molar-refractivity contribution in [3.8, 4) is 5.88 Å². The van der Waals surface area contributed by atoms with Crippen LogP contribution in [0.25, 0.3) is 11.0 Å². The van der Waals surface area contributed by atoms with Crippen molar-refractivity contribution in [2.75, 3.05) is 24.6 Å². The van der Waals surface area contributed by atoms with E-state index in [0.29, 0.717) is 6.61 Å². The second-order valence-corrected chi connectivity index (χ2v) is 6.36. The van der Waals surface area contributed by atoms with Crippen molar-refractivity contribution < 1.29 is 4.74 Å². The molecule has 1 N–H and O–H groups in total. The summed E-state index contributed by atoms with van der Waals surface area (Å²) >= 11 is 0. The number of pyridine rings is 2. The summed E-state index contributed by atoms with van der Waals surface area (Å²) in [5, 5.41) is 7.29. The van der Waals surface area contributed by atoms with Crippen LogP contribution in [0.2, 0.25) is 0 Å². The standard InChI is InChI=1S/C19H23N5O/c1-2-25-19-14(6-5-9-20-19)7-8-15-12-17(24-10-3-4-11-24)18-16(22-15)13-21-23-18/h5-6,9,12-13H,2-4,7-8,10-11H2,1H3,(H,21,23). The molecule has 4 heterocycles. The lowest BCUT2D eigenvalue weighted by atomic mass is 10.1. The van der Waals surface area contributed by atoms with Gasteiger partial charge in [-0.15, -0.1) is 0 Å². The van der Waals surface area contributed by atoms with Gasteiger partial charge in [-0.05, 0) is 44.7 Å². The molecule has 1 saturated heterocycles. The van der Waals surface area contributed by atoms with Crippen molar-refractivity contribution in [1.29, 1.82) is 0 Å². The topological polar surface area (TPSA) is 66.9 Å². The van der Waals surface area contributed by atoms with Crippen molar-refractivity contribution in [3.05, 3.63) is 41.9 Å². The van der Waals surface area contributed by atoms with Crippen LogP contribution in [0.3, 0.4) is 0 Å². The largest absolute Gasteiger partial charge is 0.478 e. The predicted octanol–water partition coefficient (Wildman–Crippen LogP) is 3.14. The molecule has 0 bridgehead atoms. The van der Waals surface area contributed by atoms with Gasteiger partial charge in [-0.3, -0.25) is 5.10 Å². The smallest absolute Gasteiger partial charge is 0.216 e. The normalized spacial score (nSPS) is 14.4. The van der Waals surface area contributed by atoms with Crippen LogP contribution in [0.5, 0.6) is 5.88 Å². The molecule has 3 aromatic heterocycles. The molecule has 1 aliphatic rings. The minimum atomic E-state index is 0.627. The summed E-state index contributed by atoms with van der Waals surface area (Å²) < 4.78 is 5.63. The Bertz CT molecular complexity index is 854. The first-order chi connectivity index (χ1) is 12.3. The van der Waals surface area contributed by atoms with E-state index >= 15 is 0 Å². The summed E-state index contributed by atoms with van der Waals surface area (Å²) in [6.45, 7) is 4.82. The average molecular weight is 337 g/mol. The molecule has 0 atom stereocenters. The number of fused-ring (bicyclic) bond motifs is 1. The van der Waals surface area contributed by atoms with Crippen LogP contribution in [0, 0.1) is 0 Å². The van der Waals surface area contributed by atoms with E-state index in [2.05, 4.69) is 32.2 Å². The molecule has 6 nitrogen and oxygen atoms in total.